The fourth-order valence-electron chi connectivity index (χ4n) is 1.20. The predicted octanol–water partition coefficient (Wildman–Crippen LogP) is 2.23. The first-order valence-electron chi connectivity index (χ1n) is 4.53. The van der Waals surface area contributed by atoms with Crippen LogP contribution in [0.4, 0.5) is 15.9 Å². The molecule has 0 saturated heterocycles. The lowest BCUT2D eigenvalue weighted by molar-refractivity contribution is 0.632. The Morgan fingerprint density at radius 1 is 1.31 bits per heavy atom. The summed E-state index contributed by atoms with van der Waals surface area (Å²) in [6, 6.07) is 8.10. The molecule has 0 bridgehead atoms. The number of hydrogen-bond donors (Lipinski definition) is 1. The molecule has 0 spiro atoms. The highest BCUT2D eigenvalue weighted by Crippen LogP contribution is 2.19. The fraction of sp³-hybridized carbons (Fsp3) is 0. The highest BCUT2D eigenvalue weighted by Gasteiger charge is 2.06. The van der Waals surface area contributed by atoms with Gasteiger partial charge in [0.05, 0.1) is 11.9 Å². The second kappa shape index (κ2) is 4.36. The summed E-state index contributed by atoms with van der Waals surface area (Å²) in [5, 5.41) is 11.5. The van der Waals surface area contributed by atoms with Crippen LogP contribution < -0.4 is 5.32 Å². The normalized spacial score (nSPS) is 9.50. The summed E-state index contributed by atoms with van der Waals surface area (Å²) in [4.78, 5) is 7.59. The minimum atomic E-state index is -0.398. The van der Waals surface area contributed by atoms with Crippen molar-refractivity contribution >= 4 is 11.5 Å². The Labute approximate surface area is 91.4 Å². The molecule has 0 fully saturated rings. The lowest BCUT2D eigenvalue weighted by atomic mass is 10.3. The van der Waals surface area contributed by atoms with Crippen molar-refractivity contribution in [2.45, 2.75) is 0 Å². The molecule has 78 valence electrons. The predicted molar refractivity (Wildman–Crippen MR) is 56.4 cm³/mol. The van der Waals surface area contributed by atoms with Crippen molar-refractivity contribution in [3.8, 4) is 6.07 Å². The van der Waals surface area contributed by atoms with E-state index in [0.29, 0.717) is 5.82 Å². The second-order valence-corrected chi connectivity index (χ2v) is 3.00. The molecule has 5 heteroatoms. The van der Waals surface area contributed by atoms with Crippen LogP contribution in [0.1, 0.15) is 5.56 Å². The average Bonchev–Trinajstić information content (AvgIpc) is 2.33. The number of nitrogens with zero attached hydrogens (tertiary/aromatic N) is 3. The molecular weight excluding hydrogens is 207 g/mol. The van der Waals surface area contributed by atoms with E-state index >= 15 is 0 Å². The van der Waals surface area contributed by atoms with Gasteiger partial charge < -0.3 is 5.32 Å². The molecule has 0 saturated carbocycles. The van der Waals surface area contributed by atoms with Crippen LogP contribution in [-0.4, -0.2) is 9.97 Å². The molecule has 0 amide bonds. The van der Waals surface area contributed by atoms with Crippen LogP contribution in [-0.2, 0) is 0 Å². The van der Waals surface area contributed by atoms with Crippen LogP contribution in [0.5, 0.6) is 0 Å². The van der Waals surface area contributed by atoms with Gasteiger partial charge in [0, 0.05) is 0 Å². The van der Waals surface area contributed by atoms with Gasteiger partial charge in [-0.3, -0.25) is 0 Å². The molecule has 0 aliphatic heterocycles. The third kappa shape index (κ3) is 1.96. The number of nitrogens with one attached hydrogen (secondary N) is 1. The molecule has 0 unspecified atom stereocenters. The maximum atomic E-state index is 13.3. The highest BCUT2D eigenvalue weighted by molar-refractivity contribution is 5.62. The maximum Gasteiger partial charge on any atom is 0.151 e. The number of nitriles is 1. The van der Waals surface area contributed by atoms with E-state index in [2.05, 4.69) is 15.3 Å². The summed E-state index contributed by atoms with van der Waals surface area (Å²) in [5.41, 5.74) is 0.545. The summed E-state index contributed by atoms with van der Waals surface area (Å²) in [7, 11) is 0. The number of para-hydroxylation sites is 1. The Morgan fingerprint density at radius 3 is 2.88 bits per heavy atom. The number of benzene rings is 1. The second-order valence-electron chi connectivity index (χ2n) is 3.00. The molecule has 1 heterocycles. The van der Waals surface area contributed by atoms with Crippen LogP contribution in [0.3, 0.4) is 0 Å². The lowest BCUT2D eigenvalue weighted by Crippen LogP contribution is -1.99. The van der Waals surface area contributed by atoms with E-state index in [0.717, 1.165) is 0 Å². The SMILES string of the molecule is N#Cc1cncnc1Nc1ccccc1F. The summed E-state index contributed by atoms with van der Waals surface area (Å²) in [5.74, 6) is -0.104. The van der Waals surface area contributed by atoms with Crippen molar-refractivity contribution in [3.05, 3.63) is 48.2 Å². The van der Waals surface area contributed by atoms with E-state index in [1.54, 1.807) is 18.2 Å². The summed E-state index contributed by atoms with van der Waals surface area (Å²) < 4.78 is 13.3. The summed E-state index contributed by atoms with van der Waals surface area (Å²) >= 11 is 0. The van der Waals surface area contributed by atoms with E-state index in [9.17, 15) is 4.39 Å². The summed E-state index contributed by atoms with van der Waals surface area (Å²) in [6.07, 6.45) is 2.67. The lowest BCUT2D eigenvalue weighted by Gasteiger charge is -2.06. The van der Waals surface area contributed by atoms with Gasteiger partial charge >= 0.3 is 0 Å². The van der Waals surface area contributed by atoms with Gasteiger partial charge in [0.2, 0.25) is 0 Å². The molecule has 0 aliphatic carbocycles. The van der Waals surface area contributed by atoms with Crippen molar-refractivity contribution in [1.29, 1.82) is 5.26 Å². The summed E-state index contributed by atoms with van der Waals surface area (Å²) in [6.45, 7) is 0. The van der Waals surface area contributed by atoms with E-state index in [1.807, 2.05) is 6.07 Å². The fourth-order valence-corrected chi connectivity index (χ4v) is 1.20. The third-order valence-electron chi connectivity index (χ3n) is 1.96. The first-order valence-corrected chi connectivity index (χ1v) is 4.53. The molecule has 0 radical (unpaired) electrons. The number of rotatable bonds is 2. The Bertz CT molecular complexity index is 548. The van der Waals surface area contributed by atoms with Gasteiger partial charge in [-0.05, 0) is 12.1 Å². The topological polar surface area (TPSA) is 61.6 Å². The molecule has 0 aliphatic rings. The highest BCUT2D eigenvalue weighted by atomic mass is 19.1. The van der Waals surface area contributed by atoms with Crippen molar-refractivity contribution in [2.75, 3.05) is 5.32 Å². The first kappa shape index (κ1) is 10.1. The quantitative estimate of drug-likeness (QED) is 0.832. The van der Waals surface area contributed by atoms with Gasteiger partial charge in [0.15, 0.2) is 5.82 Å². The van der Waals surface area contributed by atoms with Crippen LogP contribution >= 0.6 is 0 Å². The molecule has 0 atom stereocenters. The molecule has 4 nitrogen and oxygen atoms in total. The minimum Gasteiger partial charge on any atom is -0.337 e. The number of halogens is 1. The van der Waals surface area contributed by atoms with Crippen molar-refractivity contribution in [2.24, 2.45) is 0 Å². The maximum absolute atomic E-state index is 13.3. The molecule has 1 aromatic carbocycles. The van der Waals surface area contributed by atoms with Gasteiger partial charge in [-0.2, -0.15) is 5.26 Å². The van der Waals surface area contributed by atoms with Crippen LogP contribution in [0, 0.1) is 17.1 Å². The Kier molecular flexibility index (Phi) is 2.74. The first-order chi connectivity index (χ1) is 7.81. The smallest absolute Gasteiger partial charge is 0.151 e. The Hall–Kier alpha value is -2.48. The zero-order chi connectivity index (χ0) is 11.4. The van der Waals surface area contributed by atoms with Gasteiger partial charge in [-0.25, -0.2) is 14.4 Å². The van der Waals surface area contributed by atoms with Crippen LogP contribution in [0.25, 0.3) is 0 Å². The van der Waals surface area contributed by atoms with Gasteiger partial charge in [-0.1, -0.05) is 12.1 Å². The zero-order valence-corrected chi connectivity index (χ0v) is 8.18. The third-order valence-corrected chi connectivity index (χ3v) is 1.96. The van der Waals surface area contributed by atoms with Crippen LogP contribution in [0.2, 0.25) is 0 Å². The van der Waals surface area contributed by atoms with E-state index in [-0.39, 0.29) is 11.3 Å². The number of hydrogen-bond acceptors (Lipinski definition) is 4. The standard InChI is InChI=1S/C11H7FN4/c12-9-3-1-2-4-10(9)16-11-8(5-13)6-14-7-15-11/h1-4,6-7H,(H,14,15,16). The Morgan fingerprint density at radius 2 is 2.12 bits per heavy atom. The monoisotopic (exact) mass is 214 g/mol. The van der Waals surface area contributed by atoms with Crippen molar-refractivity contribution in [3.63, 3.8) is 0 Å². The number of anilines is 2. The molecular formula is C11H7FN4. The average molecular weight is 214 g/mol. The van der Waals surface area contributed by atoms with E-state index < -0.39 is 5.82 Å². The zero-order valence-electron chi connectivity index (χ0n) is 8.18. The van der Waals surface area contributed by atoms with Gasteiger partial charge in [-0.15, -0.1) is 0 Å². The van der Waals surface area contributed by atoms with Gasteiger partial charge in [0.25, 0.3) is 0 Å². The molecule has 2 rings (SSSR count). The molecule has 1 N–H and O–H groups in total. The van der Waals surface area contributed by atoms with E-state index in [1.165, 1.54) is 18.6 Å². The molecule has 16 heavy (non-hydrogen) atoms. The molecule has 2 aromatic rings. The number of aromatic nitrogens is 2. The van der Waals surface area contributed by atoms with E-state index in [4.69, 9.17) is 5.26 Å². The molecule has 1 aromatic heterocycles. The van der Waals surface area contributed by atoms with Crippen molar-refractivity contribution in [1.82, 2.24) is 9.97 Å². The minimum absolute atomic E-state index is 0.269. The van der Waals surface area contributed by atoms with Gasteiger partial charge in [0.1, 0.15) is 23.8 Å². The van der Waals surface area contributed by atoms with Crippen LogP contribution in [0.15, 0.2) is 36.8 Å². The largest absolute Gasteiger partial charge is 0.337 e. The van der Waals surface area contributed by atoms with Crippen molar-refractivity contribution < 1.29 is 4.39 Å². The Balaban J connectivity index is 2.35.